The van der Waals surface area contributed by atoms with Gasteiger partial charge in [-0.1, -0.05) is 39.0 Å². The number of imide groups is 1. The van der Waals surface area contributed by atoms with Gasteiger partial charge in [0.15, 0.2) is 0 Å². The highest BCUT2D eigenvalue weighted by atomic mass is 32.1. The maximum Gasteiger partial charge on any atom is 0.234 e. The Balaban J connectivity index is 0.877. The Labute approximate surface area is 294 Å². The van der Waals surface area contributed by atoms with Crippen LogP contribution in [-0.2, 0) is 15.0 Å². The van der Waals surface area contributed by atoms with Crippen molar-refractivity contribution in [2.24, 2.45) is 5.92 Å². The van der Waals surface area contributed by atoms with E-state index in [2.05, 4.69) is 75.4 Å². The molecule has 2 atom stereocenters. The summed E-state index contributed by atoms with van der Waals surface area (Å²) >= 11 is 1.53. The molecule has 10 nitrogen and oxygen atoms in total. The van der Waals surface area contributed by atoms with Crippen LogP contribution in [-0.4, -0.2) is 69.4 Å². The lowest BCUT2D eigenvalue weighted by Crippen LogP contribution is -2.39. The molecule has 3 fully saturated rings. The molecule has 0 radical (unpaired) electrons. The first kappa shape index (κ1) is 32.0. The van der Waals surface area contributed by atoms with Crippen LogP contribution in [0.25, 0.3) is 10.6 Å². The number of likely N-dealkylation sites (tertiary alicyclic amines) is 1. The first-order valence-electron chi connectivity index (χ1n) is 18.0. The third-order valence-electron chi connectivity index (χ3n) is 10.1. The summed E-state index contributed by atoms with van der Waals surface area (Å²) in [6.07, 6.45) is 9.38. The summed E-state index contributed by atoms with van der Waals surface area (Å²) in [5.41, 5.74) is 3.80. The summed E-state index contributed by atoms with van der Waals surface area (Å²) < 4.78 is 8.40. The second kappa shape index (κ2) is 14.3. The molecule has 0 unspecified atom stereocenters. The van der Waals surface area contributed by atoms with Gasteiger partial charge in [0.25, 0.3) is 0 Å². The van der Waals surface area contributed by atoms with Crippen molar-refractivity contribution in [3.63, 3.8) is 0 Å². The van der Waals surface area contributed by atoms with Gasteiger partial charge in [0.05, 0.1) is 22.9 Å². The number of carbonyl (C=O) groups excluding carboxylic acids is 2. The molecule has 11 heteroatoms. The summed E-state index contributed by atoms with van der Waals surface area (Å²) in [6, 6.07) is 14.5. The Kier molecular flexibility index (Phi) is 9.36. The quantitative estimate of drug-likeness (QED) is 0.188. The van der Waals surface area contributed by atoms with Crippen LogP contribution in [0.4, 0.5) is 17.5 Å². The standard InChI is InChI=1S/C38H46N8O2S/c1-38(2,3)36-41-23-32(49-36)31-11-16-39-37(43-31)42-29-6-4-5-27(21-29)26-14-18-45(19-15-26)17-12-25-13-20-46(24-25)33-9-7-28(22-40-33)30-8-10-34(47)44-35(30)48/h4-7,9,11,16,21-23,25-26,30H,8,10,12-15,17-20,24H2,1-3H3,(H,39,42,43)(H,44,47,48)/t25-,30+/m1/s1/i23D. The highest BCUT2D eigenvalue weighted by Gasteiger charge is 2.29. The highest BCUT2D eigenvalue weighted by Crippen LogP contribution is 2.34. The van der Waals surface area contributed by atoms with E-state index >= 15 is 0 Å². The molecule has 0 bridgehead atoms. The summed E-state index contributed by atoms with van der Waals surface area (Å²) in [6.45, 7) is 11.7. The van der Waals surface area contributed by atoms with Crippen LogP contribution in [0, 0.1) is 5.92 Å². The molecule has 6 heterocycles. The zero-order valence-electron chi connectivity index (χ0n) is 29.6. The number of amides is 2. The van der Waals surface area contributed by atoms with Gasteiger partial charge in [-0.3, -0.25) is 14.9 Å². The van der Waals surface area contributed by atoms with Crippen LogP contribution >= 0.6 is 11.3 Å². The summed E-state index contributed by atoms with van der Waals surface area (Å²) in [5.74, 6) is 1.96. The summed E-state index contributed by atoms with van der Waals surface area (Å²) in [5, 5.41) is 6.78. The Morgan fingerprint density at radius 1 is 1.00 bits per heavy atom. The van der Waals surface area contributed by atoms with E-state index < -0.39 is 0 Å². The zero-order chi connectivity index (χ0) is 34.8. The van der Waals surface area contributed by atoms with Gasteiger partial charge in [0.2, 0.25) is 17.8 Å². The predicted molar refractivity (Wildman–Crippen MR) is 194 cm³/mol. The number of piperidine rings is 2. The zero-order valence-corrected chi connectivity index (χ0v) is 29.4. The van der Waals surface area contributed by atoms with Crippen molar-refractivity contribution in [2.45, 2.75) is 76.5 Å². The molecule has 0 aliphatic carbocycles. The van der Waals surface area contributed by atoms with Gasteiger partial charge in [0, 0.05) is 49.2 Å². The van der Waals surface area contributed by atoms with Crippen molar-refractivity contribution in [3.05, 3.63) is 77.2 Å². The van der Waals surface area contributed by atoms with Gasteiger partial charge in [-0.25, -0.2) is 19.9 Å². The van der Waals surface area contributed by atoms with E-state index in [0.29, 0.717) is 36.3 Å². The van der Waals surface area contributed by atoms with E-state index in [0.717, 1.165) is 72.5 Å². The number of rotatable bonds is 9. The molecule has 2 N–H and O–H groups in total. The molecular formula is C38H46N8O2S. The average molecular weight is 680 g/mol. The predicted octanol–water partition coefficient (Wildman–Crippen LogP) is 6.65. The Morgan fingerprint density at radius 3 is 2.61 bits per heavy atom. The third kappa shape index (κ3) is 7.99. The second-order valence-corrected chi connectivity index (χ2v) is 15.7. The minimum atomic E-state index is -0.293. The molecule has 3 aliphatic heterocycles. The van der Waals surface area contributed by atoms with E-state index in [-0.39, 0.29) is 29.3 Å². The monoisotopic (exact) mass is 679 g/mol. The molecule has 0 saturated carbocycles. The molecule has 256 valence electrons. The van der Waals surface area contributed by atoms with Crippen molar-refractivity contribution in [3.8, 4) is 10.6 Å². The van der Waals surface area contributed by atoms with Crippen molar-refractivity contribution in [2.75, 3.05) is 42.9 Å². The largest absolute Gasteiger partial charge is 0.356 e. The molecule has 4 aromatic rings. The summed E-state index contributed by atoms with van der Waals surface area (Å²) in [7, 11) is 0. The lowest BCUT2D eigenvalue weighted by atomic mass is 9.89. The lowest BCUT2D eigenvalue weighted by Gasteiger charge is -2.33. The minimum absolute atomic E-state index is 0.113. The second-order valence-electron chi connectivity index (χ2n) is 14.7. The number of hydrogen-bond acceptors (Lipinski definition) is 10. The molecule has 3 saturated heterocycles. The van der Waals surface area contributed by atoms with Crippen molar-refractivity contribution in [1.29, 1.82) is 0 Å². The van der Waals surface area contributed by atoms with E-state index in [1.807, 2.05) is 24.4 Å². The van der Waals surface area contributed by atoms with E-state index in [1.165, 1.54) is 29.7 Å². The van der Waals surface area contributed by atoms with Crippen molar-refractivity contribution < 1.29 is 11.0 Å². The Hall–Kier alpha value is -4.22. The molecule has 49 heavy (non-hydrogen) atoms. The topological polar surface area (TPSA) is 116 Å². The van der Waals surface area contributed by atoms with Gasteiger partial charge < -0.3 is 15.1 Å². The SMILES string of the molecule is [2H]c1nc(C(C)(C)C)sc1-c1ccnc(Nc2cccc(C3CCN(CC[C@@H]4CCN(c5ccc([C@@H]6CCC(=O)NC6=O)cn5)C4)CC3)c2)n1. The van der Waals surface area contributed by atoms with E-state index in [9.17, 15) is 9.59 Å². The smallest absolute Gasteiger partial charge is 0.234 e. The van der Waals surface area contributed by atoms with Crippen molar-refractivity contribution >= 4 is 40.6 Å². The minimum Gasteiger partial charge on any atom is -0.356 e. The fourth-order valence-corrected chi connectivity index (χ4v) is 8.05. The number of pyridine rings is 1. The first-order valence-corrected chi connectivity index (χ1v) is 18.4. The first-order chi connectivity index (χ1) is 24.1. The van der Waals surface area contributed by atoms with Gasteiger partial charge in [0.1, 0.15) is 5.82 Å². The molecule has 3 aromatic heterocycles. The average Bonchev–Trinajstić information content (AvgIpc) is 3.75. The normalized spacial score (nSPS) is 21.1. The van der Waals surface area contributed by atoms with E-state index in [1.54, 1.807) is 6.20 Å². The number of aromatic nitrogens is 4. The molecule has 1 aromatic carbocycles. The number of benzene rings is 1. The fourth-order valence-electron chi connectivity index (χ4n) is 7.15. The number of nitrogens with zero attached hydrogens (tertiary/aromatic N) is 6. The van der Waals surface area contributed by atoms with Crippen molar-refractivity contribution in [1.82, 2.24) is 30.2 Å². The fraction of sp³-hybridized carbons (Fsp3) is 0.474. The Bertz CT molecular complexity index is 1830. The van der Waals surface area contributed by atoms with Gasteiger partial charge in [-0.05, 0) is 99.0 Å². The van der Waals surface area contributed by atoms with Gasteiger partial charge >= 0.3 is 0 Å². The molecule has 3 aliphatic rings. The molecule has 0 spiro atoms. The van der Waals surface area contributed by atoms with Crippen LogP contribution in [0.5, 0.6) is 0 Å². The lowest BCUT2D eigenvalue weighted by molar-refractivity contribution is -0.134. The Morgan fingerprint density at radius 2 is 1.86 bits per heavy atom. The maximum atomic E-state index is 12.2. The number of hydrogen-bond donors (Lipinski definition) is 2. The van der Waals surface area contributed by atoms with Crippen LogP contribution in [0.15, 0.2) is 61.0 Å². The third-order valence-corrected chi connectivity index (χ3v) is 11.5. The number of thiazole rings is 1. The van der Waals surface area contributed by atoms with Crippen LogP contribution in [0.1, 0.15) is 88.6 Å². The maximum absolute atomic E-state index is 12.2. The molecule has 2 amide bonds. The van der Waals surface area contributed by atoms with Gasteiger partial charge in [-0.2, -0.15) is 0 Å². The number of nitrogens with one attached hydrogen (secondary N) is 2. The van der Waals surface area contributed by atoms with Crippen LogP contribution in [0.2, 0.25) is 0 Å². The summed E-state index contributed by atoms with van der Waals surface area (Å²) in [4.78, 5) is 47.9. The van der Waals surface area contributed by atoms with Gasteiger partial charge in [-0.15, -0.1) is 11.3 Å². The van der Waals surface area contributed by atoms with Crippen LogP contribution < -0.4 is 15.5 Å². The molecular weight excluding hydrogens is 633 g/mol. The molecule has 7 rings (SSSR count). The number of carbonyl (C=O) groups is 2. The highest BCUT2D eigenvalue weighted by molar-refractivity contribution is 7.15. The van der Waals surface area contributed by atoms with Crippen LogP contribution in [0.3, 0.4) is 0 Å². The number of anilines is 3. The van der Waals surface area contributed by atoms with E-state index in [4.69, 9.17) is 11.3 Å².